The summed E-state index contributed by atoms with van der Waals surface area (Å²) in [5.74, 6) is 0. The molecule has 2 rings (SSSR count). The van der Waals surface area contributed by atoms with Gasteiger partial charge in [0, 0.05) is 22.8 Å². The normalized spacial score (nSPS) is 10.2. The number of hydrogen-bond acceptors (Lipinski definition) is 6. The van der Waals surface area contributed by atoms with Crippen LogP contribution in [0.3, 0.4) is 0 Å². The van der Waals surface area contributed by atoms with Crippen molar-refractivity contribution in [3.63, 3.8) is 0 Å². The Morgan fingerprint density at radius 1 is 0.708 bits per heavy atom. The van der Waals surface area contributed by atoms with Crippen molar-refractivity contribution in [2.45, 2.75) is 41.5 Å². The van der Waals surface area contributed by atoms with E-state index in [-0.39, 0.29) is 0 Å². The zero-order chi connectivity index (χ0) is 18.9. The molecule has 0 aromatic carbocycles. The Balaban J connectivity index is 0.000000340. The number of halogens is 2. The number of pyridine rings is 2. The first kappa shape index (κ1) is 22.9. The maximum Gasteiger partial charge on any atom is 0.303 e. The Hall–Kier alpha value is -1.09. The molecule has 2 aromatic rings. The highest BCUT2D eigenvalue weighted by molar-refractivity contribution is 9.05. The van der Waals surface area contributed by atoms with Crippen LogP contribution in [-0.2, 0) is 3.38 Å². The van der Waals surface area contributed by atoms with Crippen molar-refractivity contribution < 1.29 is 27.6 Å². The van der Waals surface area contributed by atoms with Crippen molar-refractivity contribution in [1.29, 1.82) is 0 Å². The number of aryl methyl sites for hydroxylation is 6. The molecule has 0 atom stereocenters. The molecule has 0 saturated heterocycles. The number of aromatic nitrogens is 2. The Labute approximate surface area is 153 Å². The van der Waals surface area contributed by atoms with Crippen LogP contribution < -0.4 is 14.0 Å². The first-order chi connectivity index (χ1) is 10.9. The molecule has 0 bridgehead atoms. The molecule has 0 saturated carbocycles. The summed E-state index contributed by atoms with van der Waals surface area (Å²) in [5, 5.41) is 0. The molecule has 0 aliphatic heterocycles. The second kappa shape index (κ2) is 10.7. The van der Waals surface area contributed by atoms with Crippen LogP contribution in [0.5, 0.6) is 0 Å². The quantitative estimate of drug-likeness (QED) is 0.686. The standard InChI is InChI=1S/2C8H11N.BrClO4/c2*1-6-4-7(2)9-8(3)5-6;1-6-2(3,4)5/h2*4-5H,1-3H3;. The highest BCUT2D eigenvalue weighted by Gasteiger charge is 2.11. The van der Waals surface area contributed by atoms with E-state index in [4.69, 9.17) is 14.0 Å². The third kappa shape index (κ3) is 12.3. The van der Waals surface area contributed by atoms with Crippen LogP contribution >= 0.6 is 16.3 Å². The Bertz CT molecular complexity index is 498. The lowest BCUT2D eigenvalue weighted by molar-refractivity contribution is -1.91. The van der Waals surface area contributed by atoms with Gasteiger partial charge in [-0.25, -0.2) is 0 Å². The Morgan fingerprint density at radius 2 is 0.917 bits per heavy atom. The molecule has 8 heteroatoms. The van der Waals surface area contributed by atoms with Gasteiger partial charge in [-0.15, -0.1) is 0 Å². The van der Waals surface area contributed by atoms with Gasteiger partial charge in [0.1, 0.15) is 3.38 Å². The maximum atomic E-state index is 9.15. The van der Waals surface area contributed by atoms with Gasteiger partial charge in [0.05, 0.1) is 10.2 Å². The van der Waals surface area contributed by atoms with Crippen molar-refractivity contribution in [3.05, 3.63) is 58.2 Å². The van der Waals surface area contributed by atoms with Crippen molar-refractivity contribution >= 4 is 16.3 Å². The smallest absolute Gasteiger partial charge is 0.258 e. The predicted molar refractivity (Wildman–Crippen MR) is 86.9 cm³/mol. The molecule has 6 nitrogen and oxygen atoms in total. The largest absolute Gasteiger partial charge is 0.303 e. The zero-order valence-corrected chi connectivity index (χ0v) is 16.9. The topological polar surface area (TPSA) is 104 Å². The van der Waals surface area contributed by atoms with Crippen LogP contribution in [0.4, 0.5) is 0 Å². The van der Waals surface area contributed by atoms with E-state index in [2.05, 4.69) is 51.5 Å². The summed E-state index contributed by atoms with van der Waals surface area (Å²) in [6, 6.07) is 8.31. The Kier molecular flexibility index (Phi) is 10.2. The lowest BCUT2D eigenvalue weighted by Crippen LogP contribution is -2.59. The zero-order valence-electron chi connectivity index (χ0n) is 14.6. The molecular weight excluding hydrogens is 400 g/mol. The third-order valence-electron chi connectivity index (χ3n) is 2.52. The monoisotopic (exact) mass is 420 g/mol. The Morgan fingerprint density at radius 3 is 1.04 bits per heavy atom. The van der Waals surface area contributed by atoms with E-state index in [0.717, 1.165) is 22.8 Å². The minimum absolute atomic E-state index is 1.10. The SMILES string of the molecule is Cc1cc(C)nc(C)c1.Cc1cc(C)nc(C)c1.[O-][Cl+3]([O-])([O-])OBr. The first-order valence-corrected chi connectivity index (χ1v) is 8.86. The second-order valence-corrected chi connectivity index (χ2v) is 6.90. The lowest BCUT2D eigenvalue weighted by Gasteiger charge is -2.06. The highest BCUT2D eigenvalue weighted by atomic mass is 79.9. The number of hydrogen-bond donors (Lipinski definition) is 0. The molecule has 2 heterocycles. The molecule has 24 heavy (non-hydrogen) atoms. The van der Waals surface area contributed by atoms with Crippen molar-refractivity contribution in [3.8, 4) is 0 Å². The van der Waals surface area contributed by atoms with Gasteiger partial charge in [0.2, 0.25) is 0 Å². The van der Waals surface area contributed by atoms with E-state index in [0.29, 0.717) is 0 Å². The fourth-order valence-corrected chi connectivity index (χ4v) is 2.09. The number of nitrogens with zero attached hydrogens (tertiary/aromatic N) is 2. The van der Waals surface area contributed by atoms with Gasteiger partial charge in [0.25, 0.3) is 0 Å². The van der Waals surface area contributed by atoms with E-state index < -0.39 is 10.2 Å². The minimum Gasteiger partial charge on any atom is -0.258 e. The van der Waals surface area contributed by atoms with Crippen LogP contribution in [-0.4, -0.2) is 9.97 Å². The summed E-state index contributed by atoms with van der Waals surface area (Å²) >= 11 is 1.96. The fourth-order valence-electron chi connectivity index (χ4n) is 2.09. The third-order valence-corrected chi connectivity index (χ3v) is 3.57. The lowest BCUT2D eigenvalue weighted by atomic mass is 10.2. The summed E-state index contributed by atoms with van der Waals surface area (Å²) in [5.41, 5.74) is 7.00. The fraction of sp³-hybridized carbons (Fsp3) is 0.375. The molecule has 0 aliphatic rings. The van der Waals surface area contributed by atoms with E-state index in [1.165, 1.54) is 11.1 Å². The average molecular weight is 422 g/mol. The van der Waals surface area contributed by atoms with E-state index in [1.807, 2.05) is 44.0 Å². The van der Waals surface area contributed by atoms with Crippen molar-refractivity contribution in [2.24, 2.45) is 0 Å². The molecule has 0 aliphatic carbocycles. The van der Waals surface area contributed by atoms with Crippen LogP contribution in [0.15, 0.2) is 24.3 Å². The van der Waals surface area contributed by atoms with E-state index in [1.54, 1.807) is 0 Å². The maximum absolute atomic E-state index is 9.15. The minimum atomic E-state index is -4.26. The summed E-state index contributed by atoms with van der Waals surface area (Å²) < 4.78 is 30.6. The van der Waals surface area contributed by atoms with E-state index >= 15 is 0 Å². The van der Waals surface area contributed by atoms with Gasteiger partial charge in [-0.3, -0.25) is 9.97 Å². The second-order valence-electron chi connectivity index (χ2n) is 5.29. The highest BCUT2D eigenvalue weighted by Crippen LogP contribution is 2.02. The van der Waals surface area contributed by atoms with Crippen molar-refractivity contribution in [1.82, 2.24) is 9.97 Å². The van der Waals surface area contributed by atoms with E-state index in [9.17, 15) is 0 Å². The van der Waals surface area contributed by atoms with Gasteiger partial charge >= 0.3 is 16.3 Å². The molecule has 0 radical (unpaired) electrons. The van der Waals surface area contributed by atoms with Crippen LogP contribution in [0.2, 0.25) is 0 Å². The van der Waals surface area contributed by atoms with Crippen molar-refractivity contribution in [2.75, 3.05) is 0 Å². The first-order valence-electron chi connectivity index (χ1n) is 6.98. The average Bonchev–Trinajstić information content (AvgIpc) is 2.35. The summed E-state index contributed by atoms with van der Waals surface area (Å²) in [6.07, 6.45) is 0. The summed E-state index contributed by atoms with van der Waals surface area (Å²) in [6.45, 7) is 12.2. The van der Waals surface area contributed by atoms with Crippen LogP contribution in [0.25, 0.3) is 0 Å². The molecule has 2 aromatic heterocycles. The van der Waals surface area contributed by atoms with Crippen LogP contribution in [0.1, 0.15) is 33.9 Å². The molecule has 0 spiro atoms. The molecule has 0 amide bonds. The summed E-state index contributed by atoms with van der Waals surface area (Å²) in [7, 11) is -4.26. The van der Waals surface area contributed by atoms with Gasteiger partial charge in [-0.05, 0) is 76.9 Å². The molecular formula is C16H22BrClN2O4. The van der Waals surface area contributed by atoms with Gasteiger partial charge < -0.3 is 0 Å². The predicted octanol–water partition coefficient (Wildman–Crippen LogP) is 1.22. The number of rotatable bonds is 1. The molecule has 0 N–H and O–H groups in total. The molecule has 0 unspecified atom stereocenters. The summed E-state index contributed by atoms with van der Waals surface area (Å²) in [4.78, 5) is 8.47. The van der Waals surface area contributed by atoms with Gasteiger partial charge in [-0.2, -0.15) is 14.0 Å². The molecule has 0 fully saturated rings. The van der Waals surface area contributed by atoms with Gasteiger partial charge in [-0.1, -0.05) is 0 Å². The molecule has 134 valence electrons. The van der Waals surface area contributed by atoms with Gasteiger partial charge in [0.15, 0.2) is 0 Å². The van der Waals surface area contributed by atoms with Crippen LogP contribution in [0, 0.1) is 51.8 Å².